The molecule has 0 bridgehead atoms. The number of aromatic nitrogens is 1. The average Bonchev–Trinajstić information content (AvgIpc) is 3.82. The molecule has 4 aromatic carbocycles. The van der Waals surface area contributed by atoms with E-state index < -0.39 is 65.3 Å². The van der Waals surface area contributed by atoms with Crippen molar-refractivity contribution in [3.63, 3.8) is 0 Å². The number of amides is 6. The summed E-state index contributed by atoms with van der Waals surface area (Å²) in [7, 11) is 0. The summed E-state index contributed by atoms with van der Waals surface area (Å²) in [5, 5.41) is 8.51. The molecular weight excluding hydrogens is 905 g/mol. The second kappa shape index (κ2) is 20.2. The highest BCUT2D eigenvalue weighted by Gasteiger charge is 2.41. The van der Waals surface area contributed by atoms with Crippen molar-refractivity contribution < 1.29 is 51.5 Å². The fourth-order valence-corrected chi connectivity index (χ4v) is 8.34. The van der Waals surface area contributed by atoms with Crippen LogP contribution in [0.25, 0.3) is 10.9 Å². The number of nitrogens with one attached hydrogen (secondary N) is 4. The first-order valence-electron chi connectivity index (χ1n) is 21.7. The number of hydrogen-bond donors (Lipinski definition) is 4. The van der Waals surface area contributed by atoms with Crippen LogP contribution >= 0.6 is 11.6 Å². The highest BCUT2D eigenvalue weighted by atomic mass is 35.5. The molecule has 0 saturated carbocycles. The molecular formula is C50H46ClF3N6O8. The fourth-order valence-electron chi connectivity index (χ4n) is 8.17. The number of esters is 1. The van der Waals surface area contributed by atoms with Crippen LogP contribution in [-0.4, -0.2) is 74.4 Å². The minimum Gasteiger partial charge on any atom is -0.461 e. The Morgan fingerprint density at radius 2 is 1.71 bits per heavy atom. The zero-order valence-electron chi connectivity index (χ0n) is 37.4. The third-order valence-corrected chi connectivity index (χ3v) is 11.4. The van der Waals surface area contributed by atoms with Crippen LogP contribution in [0.4, 0.5) is 18.9 Å². The Hall–Kier alpha value is -7.45. The van der Waals surface area contributed by atoms with Gasteiger partial charge in [0.15, 0.2) is 17.5 Å². The van der Waals surface area contributed by atoms with E-state index in [-0.39, 0.29) is 77.5 Å². The zero-order chi connectivity index (χ0) is 49.0. The van der Waals surface area contributed by atoms with Gasteiger partial charge in [-0.1, -0.05) is 35.6 Å². The number of fused-ring (bicyclic) bond motifs is 2. The SMILES string of the molecule is CCOC(=O)c1[nH]c2cc(Cl)ccc2c1C(C(=O)NC(C)(C)C)N(Cc1cc(F)c(F)c(F)c1)C(=O)c1ccc(NC(=O)CCCC#Cc2cccc3c2CN(C2CCC(=O)NC2=O)C3=O)cc1. The molecule has 5 aromatic rings. The van der Waals surface area contributed by atoms with Gasteiger partial charge in [0.05, 0.1) is 6.61 Å². The molecule has 18 heteroatoms. The lowest BCUT2D eigenvalue weighted by molar-refractivity contribution is -0.137. The van der Waals surface area contributed by atoms with E-state index in [9.17, 15) is 46.7 Å². The second-order valence-corrected chi connectivity index (χ2v) is 17.7. The van der Waals surface area contributed by atoms with Gasteiger partial charge in [0.1, 0.15) is 17.8 Å². The highest BCUT2D eigenvalue weighted by Crippen LogP contribution is 2.37. The number of piperidine rings is 1. The molecule has 1 fully saturated rings. The molecule has 0 radical (unpaired) electrons. The second-order valence-electron chi connectivity index (χ2n) is 17.3. The number of ether oxygens (including phenoxy) is 1. The average molecular weight is 951 g/mol. The molecule has 4 N–H and O–H groups in total. The Balaban J connectivity index is 1.10. The summed E-state index contributed by atoms with van der Waals surface area (Å²) in [6, 6.07) is 14.4. The minimum atomic E-state index is -1.73. The van der Waals surface area contributed by atoms with Crippen molar-refractivity contribution in [3.8, 4) is 11.8 Å². The number of benzene rings is 4. The number of rotatable bonds is 13. The van der Waals surface area contributed by atoms with Crippen LogP contribution in [0.15, 0.2) is 72.8 Å². The summed E-state index contributed by atoms with van der Waals surface area (Å²) >= 11 is 6.31. The van der Waals surface area contributed by atoms with Gasteiger partial charge in [-0.25, -0.2) is 18.0 Å². The standard InChI is InChI=1S/C50H46ClF3N6O8/c1-5-68-49(67)43-41(33-19-16-30(51)24-37(33)56-43)44(46(64)58-50(2,3)4)60(25-27-22-35(52)42(54)36(53)23-27)47(65)29-14-17-31(18-15-29)55-39(61)13-8-6-7-10-28-11-9-12-32-34(28)26-59(48(32)66)38-20-21-40(62)57-45(38)63/h9,11-12,14-19,22-24,38,44,56H,5-6,8,13,20-21,25-26H2,1-4H3,(H,55,61)(H,58,64)(H,57,62,63). The number of hydrogen-bond acceptors (Lipinski definition) is 8. The van der Waals surface area contributed by atoms with Crippen molar-refractivity contribution in [3.05, 3.63) is 134 Å². The molecule has 2 aliphatic rings. The fraction of sp³-hybridized carbons (Fsp3) is 0.300. The molecule has 0 spiro atoms. The van der Waals surface area contributed by atoms with Gasteiger partial charge >= 0.3 is 5.97 Å². The van der Waals surface area contributed by atoms with Gasteiger partial charge in [-0.2, -0.15) is 0 Å². The third kappa shape index (κ3) is 10.7. The van der Waals surface area contributed by atoms with E-state index in [0.717, 1.165) is 4.90 Å². The Bertz CT molecular complexity index is 2920. The zero-order valence-corrected chi connectivity index (χ0v) is 38.2. The van der Waals surface area contributed by atoms with E-state index in [4.69, 9.17) is 16.3 Å². The van der Waals surface area contributed by atoms with Crippen molar-refractivity contribution in [2.24, 2.45) is 0 Å². The number of H-pyrrole nitrogens is 1. The lowest BCUT2D eigenvalue weighted by Gasteiger charge is -2.34. The maximum Gasteiger partial charge on any atom is 0.355 e. The monoisotopic (exact) mass is 950 g/mol. The predicted octanol–water partition coefficient (Wildman–Crippen LogP) is 7.64. The number of imide groups is 1. The van der Waals surface area contributed by atoms with Crippen molar-refractivity contribution in [2.75, 3.05) is 11.9 Å². The van der Waals surface area contributed by atoms with Gasteiger partial charge < -0.3 is 30.2 Å². The van der Waals surface area contributed by atoms with Crippen molar-refractivity contribution in [2.45, 2.75) is 90.5 Å². The molecule has 68 heavy (non-hydrogen) atoms. The lowest BCUT2D eigenvalue weighted by Crippen LogP contribution is -2.52. The van der Waals surface area contributed by atoms with Gasteiger partial charge in [-0.15, -0.1) is 0 Å². The van der Waals surface area contributed by atoms with E-state index in [1.807, 2.05) is 0 Å². The number of nitrogens with zero attached hydrogens (tertiary/aromatic N) is 2. The molecule has 2 atom stereocenters. The maximum atomic E-state index is 14.8. The molecule has 1 aromatic heterocycles. The van der Waals surface area contributed by atoms with Gasteiger partial charge in [0, 0.05) is 81.8 Å². The predicted molar refractivity (Wildman–Crippen MR) is 244 cm³/mol. The normalized spacial score (nSPS) is 15.0. The number of aromatic amines is 1. The molecule has 2 aliphatic heterocycles. The van der Waals surface area contributed by atoms with Crippen LogP contribution in [0.1, 0.15) is 119 Å². The summed E-state index contributed by atoms with van der Waals surface area (Å²) in [6.45, 7) is 6.15. The van der Waals surface area contributed by atoms with Crippen LogP contribution in [0.5, 0.6) is 0 Å². The van der Waals surface area contributed by atoms with Crippen molar-refractivity contribution in [1.82, 2.24) is 25.4 Å². The Kier molecular flexibility index (Phi) is 14.4. The Morgan fingerprint density at radius 1 is 0.985 bits per heavy atom. The molecule has 1 saturated heterocycles. The molecule has 14 nitrogen and oxygen atoms in total. The van der Waals surface area contributed by atoms with Gasteiger partial charge in [0.2, 0.25) is 23.6 Å². The molecule has 2 unspecified atom stereocenters. The van der Waals surface area contributed by atoms with E-state index >= 15 is 0 Å². The van der Waals surface area contributed by atoms with Crippen LogP contribution in [0.2, 0.25) is 5.02 Å². The highest BCUT2D eigenvalue weighted by molar-refractivity contribution is 6.31. The van der Waals surface area contributed by atoms with Crippen molar-refractivity contribution >= 4 is 69.6 Å². The summed E-state index contributed by atoms with van der Waals surface area (Å²) in [6.07, 6.45) is 1.16. The quantitative estimate of drug-likeness (QED) is 0.0305. The van der Waals surface area contributed by atoms with Crippen LogP contribution in [0.3, 0.4) is 0 Å². The van der Waals surface area contributed by atoms with E-state index in [1.54, 1.807) is 52.0 Å². The summed E-state index contributed by atoms with van der Waals surface area (Å²) in [4.78, 5) is 98.7. The number of anilines is 1. The third-order valence-electron chi connectivity index (χ3n) is 11.2. The molecule has 352 valence electrons. The first-order valence-corrected chi connectivity index (χ1v) is 22.1. The Morgan fingerprint density at radius 3 is 2.38 bits per heavy atom. The lowest BCUT2D eigenvalue weighted by atomic mass is 9.96. The van der Waals surface area contributed by atoms with E-state index in [2.05, 4.69) is 32.8 Å². The molecule has 7 rings (SSSR count). The summed E-state index contributed by atoms with van der Waals surface area (Å²) in [5.41, 5.74) is 1.07. The van der Waals surface area contributed by atoms with Crippen molar-refractivity contribution in [1.29, 1.82) is 0 Å². The molecule has 6 amide bonds. The largest absolute Gasteiger partial charge is 0.461 e. The number of halogens is 4. The molecule has 3 heterocycles. The van der Waals surface area contributed by atoms with Gasteiger partial charge in [-0.3, -0.25) is 34.1 Å². The van der Waals surface area contributed by atoms with Crippen LogP contribution < -0.4 is 16.0 Å². The smallest absolute Gasteiger partial charge is 0.355 e. The maximum absolute atomic E-state index is 14.8. The van der Waals surface area contributed by atoms with E-state index in [1.165, 1.54) is 41.3 Å². The van der Waals surface area contributed by atoms with Gasteiger partial charge in [-0.05, 0) is 112 Å². The first-order chi connectivity index (χ1) is 32.3. The molecule has 0 aliphatic carbocycles. The topological polar surface area (TPSA) is 187 Å². The minimum absolute atomic E-state index is 0.000971. The Labute approximate surface area is 393 Å². The van der Waals surface area contributed by atoms with Crippen LogP contribution in [0, 0.1) is 29.3 Å². The van der Waals surface area contributed by atoms with Gasteiger partial charge in [0.25, 0.3) is 11.8 Å². The van der Waals surface area contributed by atoms with E-state index in [0.29, 0.717) is 58.3 Å². The number of carbonyl (C=O) groups excluding carboxylic acids is 7. The summed E-state index contributed by atoms with van der Waals surface area (Å²) < 4.78 is 48.9. The number of carbonyl (C=O) groups is 7. The number of unbranched alkanes of at least 4 members (excludes halogenated alkanes) is 1. The first kappa shape index (κ1) is 48.5. The summed E-state index contributed by atoms with van der Waals surface area (Å²) in [5.74, 6) is -2.67. The van der Waals surface area contributed by atoms with Crippen LogP contribution in [-0.2, 0) is 37.0 Å².